The lowest BCUT2D eigenvalue weighted by atomic mass is 10.1. The zero-order valence-corrected chi connectivity index (χ0v) is 17.2. The van der Waals surface area contributed by atoms with Crippen LogP contribution in [-0.4, -0.2) is 61.6 Å². The van der Waals surface area contributed by atoms with E-state index < -0.39 is 0 Å². The molecule has 2 aromatic carbocycles. The number of hydrogen-bond acceptors (Lipinski definition) is 6. The number of methoxy groups -OCH3 is 1. The van der Waals surface area contributed by atoms with E-state index >= 15 is 0 Å². The average Bonchev–Trinajstić information content (AvgIpc) is 2.74. The van der Waals surface area contributed by atoms with Crippen LogP contribution >= 0.6 is 0 Å². The molecule has 0 N–H and O–H groups in total. The first kappa shape index (κ1) is 21.1. The highest BCUT2D eigenvalue weighted by molar-refractivity contribution is 5.54. The predicted octanol–water partition coefficient (Wildman–Crippen LogP) is 3.36. The Bertz CT molecular complexity index is 805. The van der Waals surface area contributed by atoms with Crippen LogP contribution in [0.25, 0.3) is 0 Å². The number of likely N-dealkylation sites (N-methyl/N-ethyl adjacent to an activating group) is 1. The van der Waals surface area contributed by atoms with Gasteiger partial charge in [-0.2, -0.15) is 0 Å². The van der Waals surface area contributed by atoms with E-state index in [0.717, 1.165) is 44.7 Å². The summed E-state index contributed by atoms with van der Waals surface area (Å²) in [5, 5.41) is 11.6. The Hall–Kier alpha value is -2.64. The van der Waals surface area contributed by atoms with Gasteiger partial charge in [0.15, 0.2) is 11.5 Å². The molecule has 0 radical (unpaired) electrons. The molecule has 1 heterocycles. The lowest BCUT2D eigenvalue weighted by Crippen LogP contribution is -2.44. The van der Waals surface area contributed by atoms with Crippen LogP contribution in [0.5, 0.6) is 11.5 Å². The number of ether oxygens (including phenoxy) is 2. The van der Waals surface area contributed by atoms with Crippen molar-refractivity contribution in [3.63, 3.8) is 0 Å². The van der Waals surface area contributed by atoms with Gasteiger partial charge in [0.1, 0.15) is 6.61 Å². The van der Waals surface area contributed by atoms with E-state index in [-0.39, 0.29) is 10.6 Å². The van der Waals surface area contributed by atoms with Crippen molar-refractivity contribution in [1.29, 1.82) is 0 Å². The Labute approximate surface area is 172 Å². The maximum atomic E-state index is 11.6. The third kappa shape index (κ3) is 5.92. The van der Waals surface area contributed by atoms with Crippen LogP contribution in [0, 0.1) is 10.1 Å². The minimum Gasteiger partial charge on any atom is -0.493 e. The SMILES string of the molecule is COc1cc([N+](=O)[O-])c(CCCN2CCN(C)CC2)cc1OCc1ccccc1. The largest absolute Gasteiger partial charge is 0.493 e. The standard InChI is InChI=1S/C22H29N3O4/c1-23-11-13-24(14-12-23)10-6-9-19-15-22(21(28-2)16-20(19)25(26)27)29-17-18-7-4-3-5-8-18/h3-5,7-8,15-16H,6,9-14,17H2,1-2H3. The molecule has 0 aliphatic carbocycles. The second kappa shape index (κ2) is 10.2. The van der Waals surface area contributed by atoms with E-state index in [2.05, 4.69) is 16.8 Å². The topological polar surface area (TPSA) is 68.1 Å². The van der Waals surface area contributed by atoms with Gasteiger partial charge in [-0.3, -0.25) is 10.1 Å². The minimum absolute atomic E-state index is 0.0901. The van der Waals surface area contributed by atoms with Gasteiger partial charge in [0.05, 0.1) is 18.1 Å². The van der Waals surface area contributed by atoms with Crippen molar-refractivity contribution < 1.29 is 14.4 Å². The number of nitrogens with zero attached hydrogens (tertiary/aromatic N) is 3. The van der Waals surface area contributed by atoms with E-state index in [1.165, 1.54) is 13.2 Å². The van der Waals surface area contributed by atoms with Crippen molar-refractivity contribution in [2.45, 2.75) is 19.4 Å². The highest BCUT2D eigenvalue weighted by Gasteiger charge is 2.20. The van der Waals surface area contributed by atoms with Crippen LogP contribution < -0.4 is 9.47 Å². The zero-order valence-electron chi connectivity index (χ0n) is 17.2. The first-order chi connectivity index (χ1) is 14.1. The number of nitro benzene ring substituents is 1. The normalized spacial score (nSPS) is 15.2. The van der Waals surface area contributed by atoms with Crippen LogP contribution in [0.1, 0.15) is 17.5 Å². The summed E-state index contributed by atoms with van der Waals surface area (Å²) in [4.78, 5) is 16.0. The van der Waals surface area contributed by atoms with E-state index in [0.29, 0.717) is 30.1 Å². The van der Waals surface area contributed by atoms with Crippen molar-refractivity contribution in [2.24, 2.45) is 0 Å². The maximum Gasteiger partial charge on any atom is 0.276 e. The van der Waals surface area contributed by atoms with E-state index in [4.69, 9.17) is 9.47 Å². The van der Waals surface area contributed by atoms with Gasteiger partial charge in [-0.1, -0.05) is 30.3 Å². The Morgan fingerprint density at radius 2 is 1.79 bits per heavy atom. The average molecular weight is 399 g/mol. The van der Waals surface area contributed by atoms with Gasteiger partial charge in [0.25, 0.3) is 5.69 Å². The fourth-order valence-electron chi connectivity index (χ4n) is 3.53. The summed E-state index contributed by atoms with van der Waals surface area (Å²) in [7, 11) is 3.64. The molecule has 29 heavy (non-hydrogen) atoms. The van der Waals surface area contributed by atoms with Crippen molar-refractivity contribution >= 4 is 5.69 Å². The summed E-state index contributed by atoms with van der Waals surface area (Å²) in [6.07, 6.45) is 1.50. The summed E-state index contributed by atoms with van der Waals surface area (Å²) >= 11 is 0. The van der Waals surface area contributed by atoms with Gasteiger partial charge in [-0.05, 0) is 38.1 Å². The molecule has 3 rings (SSSR count). The number of nitro groups is 1. The Kier molecular flexibility index (Phi) is 7.43. The number of rotatable bonds is 9. The number of benzene rings is 2. The smallest absolute Gasteiger partial charge is 0.276 e. The lowest BCUT2D eigenvalue weighted by Gasteiger charge is -2.32. The molecule has 0 aromatic heterocycles. The van der Waals surface area contributed by atoms with Crippen LogP contribution in [0.15, 0.2) is 42.5 Å². The number of piperazine rings is 1. The summed E-state index contributed by atoms with van der Waals surface area (Å²) < 4.78 is 11.3. The molecule has 1 saturated heterocycles. The second-order valence-electron chi connectivity index (χ2n) is 7.41. The van der Waals surface area contributed by atoms with Crippen LogP contribution in [0.4, 0.5) is 5.69 Å². The monoisotopic (exact) mass is 399 g/mol. The Morgan fingerprint density at radius 1 is 1.07 bits per heavy atom. The number of aryl methyl sites for hydroxylation is 1. The molecule has 156 valence electrons. The quantitative estimate of drug-likeness (QED) is 0.476. The maximum absolute atomic E-state index is 11.6. The molecule has 7 heteroatoms. The fourth-order valence-corrected chi connectivity index (χ4v) is 3.53. The van der Waals surface area contributed by atoms with Gasteiger partial charge in [0.2, 0.25) is 0 Å². The van der Waals surface area contributed by atoms with Gasteiger partial charge in [0, 0.05) is 31.7 Å². The van der Waals surface area contributed by atoms with Crippen LogP contribution in [0.2, 0.25) is 0 Å². The van der Waals surface area contributed by atoms with Gasteiger partial charge in [-0.25, -0.2) is 0 Å². The molecule has 0 saturated carbocycles. The van der Waals surface area contributed by atoms with Gasteiger partial charge < -0.3 is 19.3 Å². The van der Waals surface area contributed by atoms with Crippen LogP contribution in [-0.2, 0) is 13.0 Å². The van der Waals surface area contributed by atoms with Crippen molar-refractivity contribution in [3.8, 4) is 11.5 Å². The van der Waals surface area contributed by atoms with E-state index in [1.807, 2.05) is 30.3 Å². The number of hydrogen-bond donors (Lipinski definition) is 0. The minimum atomic E-state index is -0.339. The Morgan fingerprint density at radius 3 is 2.45 bits per heavy atom. The second-order valence-corrected chi connectivity index (χ2v) is 7.41. The first-order valence-electron chi connectivity index (χ1n) is 9.99. The van der Waals surface area contributed by atoms with E-state index in [9.17, 15) is 10.1 Å². The summed E-state index contributed by atoms with van der Waals surface area (Å²) in [6, 6.07) is 13.1. The van der Waals surface area contributed by atoms with Crippen LogP contribution in [0.3, 0.4) is 0 Å². The molecule has 0 unspecified atom stereocenters. The molecule has 2 aromatic rings. The molecule has 0 spiro atoms. The highest BCUT2D eigenvalue weighted by atomic mass is 16.6. The third-order valence-corrected chi connectivity index (χ3v) is 5.32. The summed E-state index contributed by atoms with van der Waals surface area (Å²) in [5.41, 5.74) is 1.81. The van der Waals surface area contributed by atoms with Crippen molar-refractivity contribution in [1.82, 2.24) is 9.80 Å². The molecule has 0 bridgehead atoms. The summed E-state index contributed by atoms with van der Waals surface area (Å²) in [5.74, 6) is 0.923. The molecular weight excluding hydrogens is 370 g/mol. The Balaban J connectivity index is 1.69. The lowest BCUT2D eigenvalue weighted by molar-refractivity contribution is -0.385. The zero-order chi connectivity index (χ0) is 20.6. The molecule has 1 fully saturated rings. The molecular formula is C22H29N3O4. The molecule has 0 atom stereocenters. The molecule has 7 nitrogen and oxygen atoms in total. The van der Waals surface area contributed by atoms with E-state index in [1.54, 1.807) is 6.07 Å². The first-order valence-corrected chi connectivity index (χ1v) is 9.99. The van der Waals surface area contributed by atoms with Gasteiger partial charge in [-0.15, -0.1) is 0 Å². The predicted molar refractivity (Wildman–Crippen MR) is 113 cm³/mol. The fraction of sp³-hybridized carbons (Fsp3) is 0.455. The molecule has 1 aliphatic heterocycles. The molecule has 0 amide bonds. The van der Waals surface area contributed by atoms with Crippen molar-refractivity contribution in [2.75, 3.05) is 46.9 Å². The third-order valence-electron chi connectivity index (χ3n) is 5.32. The highest BCUT2D eigenvalue weighted by Crippen LogP contribution is 2.35. The van der Waals surface area contributed by atoms with Gasteiger partial charge >= 0.3 is 0 Å². The molecule has 1 aliphatic rings. The summed E-state index contributed by atoms with van der Waals surface area (Å²) in [6.45, 7) is 5.56. The van der Waals surface area contributed by atoms with Crippen molar-refractivity contribution in [3.05, 3.63) is 63.7 Å².